The van der Waals surface area contributed by atoms with Gasteiger partial charge in [0.05, 0.1) is 25.7 Å². The average molecular weight is 334 g/mol. The number of hydrogen-bond acceptors (Lipinski definition) is 4. The number of benzene rings is 1. The predicted octanol–water partition coefficient (Wildman–Crippen LogP) is 1.57. The first-order valence-corrected chi connectivity index (χ1v) is 8.35. The zero-order chi connectivity index (χ0) is 17.7. The Labute approximate surface area is 142 Å². The Kier molecular flexibility index (Phi) is 6.20. The smallest absolute Gasteiger partial charge is 0.227 e. The number of carbonyl (C=O) groups is 2. The van der Waals surface area contributed by atoms with Crippen molar-refractivity contribution in [2.24, 2.45) is 11.8 Å². The van der Waals surface area contributed by atoms with Crippen molar-refractivity contribution in [2.75, 3.05) is 25.2 Å². The van der Waals surface area contributed by atoms with E-state index in [4.69, 9.17) is 4.74 Å². The number of nitrogens with one attached hydrogen (secondary N) is 1. The number of aliphatic hydroxyl groups is 1. The van der Waals surface area contributed by atoms with E-state index in [0.29, 0.717) is 6.54 Å². The highest BCUT2D eigenvalue weighted by molar-refractivity contribution is 6.00. The molecule has 3 unspecified atom stereocenters. The molecule has 0 bridgehead atoms. The van der Waals surface area contributed by atoms with Gasteiger partial charge < -0.3 is 20.1 Å². The Bertz CT molecular complexity index is 573. The molecule has 1 saturated heterocycles. The molecule has 1 aliphatic rings. The molecule has 24 heavy (non-hydrogen) atoms. The summed E-state index contributed by atoms with van der Waals surface area (Å²) < 4.78 is 5.12. The molecule has 0 spiro atoms. The highest BCUT2D eigenvalue weighted by Gasteiger charge is 2.36. The fourth-order valence-corrected chi connectivity index (χ4v) is 2.85. The standard InChI is InChI=1S/C18H26N2O4/c1-4-12(2)16(11-21)19-18(23)13-9-17(22)20(10-13)14-5-7-15(24-3)8-6-14/h5-8,12-13,16,21H,4,9-11H2,1-3H3,(H,19,23). The fourth-order valence-electron chi connectivity index (χ4n) is 2.85. The summed E-state index contributed by atoms with van der Waals surface area (Å²) >= 11 is 0. The van der Waals surface area contributed by atoms with Crippen LogP contribution in [0.2, 0.25) is 0 Å². The SMILES string of the molecule is CCC(C)C(CO)NC(=O)C1CC(=O)N(c2ccc(OC)cc2)C1. The summed E-state index contributed by atoms with van der Waals surface area (Å²) in [6, 6.07) is 6.94. The second-order valence-corrected chi connectivity index (χ2v) is 6.29. The van der Waals surface area contributed by atoms with E-state index in [1.165, 1.54) is 0 Å². The van der Waals surface area contributed by atoms with Gasteiger partial charge in [-0.25, -0.2) is 0 Å². The van der Waals surface area contributed by atoms with Gasteiger partial charge in [-0.3, -0.25) is 9.59 Å². The van der Waals surface area contributed by atoms with Crippen molar-refractivity contribution in [3.8, 4) is 5.75 Å². The van der Waals surface area contributed by atoms with Crippen molar-refractivity contribution in [2.45, 2.75) is 32.7 Å². The van der Waals surface area contributed by atoms with Gasteiger partial charge >= 0.3 is 0 Å². The third kappa shape index (κ3) is 4.06. The minimum Gasteiger partial charge on any atom is -0.497 e. The highest BCUT2D eigenvalue weighted by Crippen LogP contribution is 2.27. The van der Waals surface area contributed by atoms with Gasteiger partial charge in [-0.1, -0.05) is 20.3 Å². The number of carbonyl (C=O) groups excluding carboxylic acids is 2. The first-order chi connectivity index (χ1) is 11.5. The number of aliphatic hydroxyl groups excluding tert-OH is 1. The van der Waals surface area contributed by atoms with Crippen molar-refractivity contribution < 1.29 is 19.4 Å². The Hall–Kier alpha value is -2.08. The molecule has 0 aromatic heterocycles. The predicted molar refractivity (Wildman–Crippen MR) is 91.9 cm³/mol. The van der Waals surface area contributed by atoms with E-state index < -0.39 is 5.92 Å². The van der Waals surface area contributed by atoms with Crippen LogP contribution in [-0.2, 0) is 9.59 Å². The Morgan fingerprint density at radius 2 is 2.08 bits per heavy atom. The summed E-state index contributed by atoms with van der Waals surface area (Å²) in [7, 11) is 1.59. The largest absolute Gasteiger partial charge is 0.497 e. The van der Waals surface area contributed by atoms with E-state index in [9.17, 15) is 14.7 Å². The second-order valence-electron chi connectivity index (χ2n) is 6.29. The van der Waals surface area contributed by atoms with Crippen molar-refractivity contribution in [1.29, 1.82) is 0 Å². The molecule has 1 aromatic carbocycles. The lowest BCUT2D eigenvalue weighted by molar-refractivity contribution is -0.127. The molecule has 1 aliphatic heterocycles. The maximum Gasteiger partial charge on any atom is 0.227 e. The fraction of sp³-hybridized carbons (Fsp3) is 0.556. The molecular weight excluding hydrogens is 308 g/mol. The van der Waals surface area contributed by atoms with Crippen LogP contribution in [0.1, 0.15) is 26.7 Å². The average Bonchev–Trinajstić information content (AvgIpc) is 3.00. The zero-order valence-corrected chi connectivity index (χ0v) is 14.5. The van der Waals surface area contributed by atoms with Crippen LogP contribution in [-0.4, -0.2) is 43.2 Å². The molecule has 6 nitrogen and oxygen atoms in total. The lowest BCUT2D eigenvalue weighted by atomic mass is 9.98. The number of methoxy groups -OCH3 is 1. The summed E-state index contributed by atoms with van der Waals surface area (Å²) in [4.78, 5) is 26.3. The summed E-state index contributed by atoms with van der Waals surface area (Å²) in [5.41, 5.74) is 0.761. The normalized spacial score (nSPS) is 19.9. The summed E-state index contributed by atoms with van der Waals surface area (Å²) in [6.45, 7) is 4.27. The van der Waals surface area contributed by atoms with E-state index >= 15 is 0 Å². The van der Waals surface area contributed by atoms with Crippen LogP contribution >= 0.6 is 0 Å². The number of anilines is 1. The van der Waals surface area contributed by atoms with Gasteiger partial charge in [0.15, 0.2) is 0 Å². The van der Waals surface area contributed by atoms with Crippen molar-refractivity contribution in [3.05, 3.63) is 24.3 Å². The lowest BCUT2D eigenvalue weighted by Crippen LogP contribution is -2.45. The molecule has 6 heteroatoms. The molecule has 132 valence electrons. The van der Waals surface area contributed by atoms with E-state index in [1.54, 1.807) is 24.1 Å². The topological polar surface area (TPSA) is 78.9 Å². The van der Waals surface area contributed by atoms with Gasteiger partial charge in [-0.15, -0.1) is 0 Å². The lowest BCUT2D eigenvalue weighted by Gasteiger charge is -2.24. The van der Waals surface area contributed by atoms with Crippen LogP contribution in [0.4, 0.5) is 5.69 Å². The first kappa shape index (κ1) is 18.3. The summed E-state index contributed by atoms with van der Waals surface area (Å²) in [5, 5.41) is 12.3. The van der Waals surface area contributed by atoms with E-state index in [2.05, 4.69) is 5.32 Å². The monoisotopic (exact) mass is 334 g/mol. The summed E-state index contributed by atoms with van der Waals surface area (Å²) in [5.74, 6) is 0.286. The van der Waals surface area contributed by atoms with Crippen LogP contribution < -0.4 is 15.0 Å². The van der Waals surface area contributed by atoms with Gasteiger partial charge in [-0.2, -0.15) is 0 Å². The Morgan fingerprint density at radius 3 is 2.62 bits per heavy atom. The van der Waals surface area contributed by atoms with Crippen molar-refractivity contribution in [1.82, 2.24) is 5.32 Å². The molecule has 1 fully saturated rings. The van der Waals surface area contributed by atoms with Gasteiger partial charge in [-0.05, 0) is 30.2 Å². The van der Waals surface area contributed by atoms with Gasteiger partial charge in [0.25, 0.3) is 0 Å². The highest BCUT2D eigenvalue weighted by atomic mass is 16.5. The molecular formula is C18H26N2O4. The van der Waals surface area contributed by atoms with Gasteiger partial charge in [0.1, 0.15) is 5.75 Å². The van der Waals surface area contributed by atoms with Crippen LogP contribution in [0.25, 0.3) is 0 Å². The molecule has 1 heterocycles. The quantitative estimate of drug-likeness (QED) is 0.793. The van der Waals surface area contributed by atoms with E-state index in [1.807, 2.05) is 26.0 Å². The minimum atomic E-state index is -0.391. The van der Waals surface area contributed by atoms with Crippen LogP contribution in [0, 0.1) is 11.8 Å². The maximum atomic E-state index is 12.4. The maximum absolute atomic E-state index is 12.4. The Balaban J connectivity index is 2.01. The molecule has 2 amide bonds. The van der Waals surface area contributed by atoms with Gasteiger partial charge in [0.2, 0.25) is 11.8 Å². The molecule has 2 N–H and O–H groups in total. The van der Waals surface area contributed by atoms with E-state index in [-0.39, 0.29) is 36.8 Å². The number of amides is 2. The number of rotatable bonds is 7. The number of hydrogen-bond donors (Lipinski definition) is 2. The molecule has 3 atom stereocenters. The zero-order valence-electron chi connectivity index (χ0n) is 14.5. The van der Waals surface area contributed by atoms with E-state index in [0.717, 1.165) is 17.9 Å². The third-order valence-corrected chi connectivity index (χ3v) is 4.74. The van der Waals surface area contributed by atoms with Gasteiger partial charge in [0, 0.05) is 18.7 Å². The Morgan fingerprint density at radius 1 is 1.42 bits per heavy atom. The van der Waals surface area contributed by atoms with Crippen LogP contribution in [0.3, 0.4) is 0 Å². The first-order valence-electron chi connectivity index (χ1n) is 8.35. The molecule has 0 aliphatic carbocycles. The third-order valence-electron chi connectivity index (χ3n) is 4.74. The second kappa shape index (κ2) is 8.15. The molecule has 0 radical (unpaired) electrons. The molecule has 0 saturated carbocycles. The molecule has 2 rings (SSSR count). The van der Waals surface area contributed by atoms with Crippen LogP contribution in [0.15, 0.2) is 24.3 Å². The number of nitrogens with zero attached hydrogens (tertiary/aromatic N) is 1. The number of ether oxygens (including phenoxy) is 1. The molecule has 1 aromatic rings. The van der Waals surface area contributed by atoms with Crippen molar-refractivity contribution in [3.63, 3.8) is 0 Å². The minimum absolute atomic E-state index is 0.0654. The van der Waals surface area contributed by atoms with Crippen molar-refractivity contribution >= 4 is 17.5 Å². The van der Waals surface area contributed by atoms with Crippen LogP contribution in [0.5, 0.6) is 5.75 Å². The summed E-state index contributed by atoms with van der Waals surface area (Å²) in [6.07, 6.45) is 1.06.